The number of amides is 1. The van der Waals surface area contributed by atoms with Gasteiger partial charge in [0.1, 0.15) is 10.8 Å². The lowest BCUT2D eigenvalue weighted by molar-refractivity contribution is -0.121. The highest BCUT2D eigenvalue weighted by Crippen LogP contribution is 2.35. The van der Waals surface area contributed by atoms with Crippen LogP contribution in [0.2, 0.25) is 0 Å². The second-order valence-corrected chi connectivity index (χ2v) is 10.4. The lowest BCUT2D eigenvalue weighted by atomic mass is 10.1. The molecule has 0 aliphatic heterocycles. The predicted molar refractivity (Wildman–Crippen MR) is 118 cm³/mol. The number of aryl methyl sites for hydroxylation is 1. The summed E-state index contributed by atoms with van der Waals surface area (Å²) in [6.07, 6.45) is 0. The minimum Gasteiger partial charge on any atom is -0.424 e. The van der Waals surface area contributed by atoms with Gasteiger partial charge in [-0.05, 0) is 11.6 Å². The fraction of sp³-hybridized carbons (Fsp3) is 0.238. The van der Waals surface area contributed by atoms with Crippen LogP contribution in [-0.4, -0.2) is 35.3 Å². The van der Waals surface area contributed by atoms with Crippen LogP contribution in [0.15, 0.2) is 46.9 Å². The van der Waals surface area contributed by atoms with Gasteiger partial charge >= 0.3 is 0 Å². The Balaban J connectivity index is 1.70. The van der Waals surface area contributed by atoms with Crippen molar-refractivity contribution >= 4 is 37.3 Å². The number of fused-ring (bicyclic) bond motifs is 1. The SMILES string of the molecule is CCS(=O)(=O)C(C(=O)NCc1nnc(C)o1)c1nc2cc(F)c(-c3ccccc3)cc2s1. The van der Waals surface area contributed by atoms with Gasteiger partial charge in [0.05, 0.1) is 16.8 Å². The van der Waals surface area contributed by atoms with Gasteiger partial charge in [-0.25, -0.2) is 17.8 Å². The fourth-order valence-electron chi connectivity index (χ4n) is 3.18. The molecule has 1 atom stereocenters. The van der Waals surface area contributed by atoms with Crippen LogP contribution in [0, 0.1) is 12.7 Å². The summed E-state index contributed by atoms with van der Waals surface area (Å²) in [5, 5.41) is 8.52. The van der Waals surface area contributed by atoms with Crippen LogP contribution in [0.25, 0.3) is 21.3 Å². The van der Waals surface area contributed by atoms with E-state index in [1.165, 1.54) is 13.0 Å². The van der Waals surface area contributed by atoms with Crippen molar-refractivity contribution in [1.29, 1.82) is 0 Å². The van der Waals surface area contributed by atoms with Crippen LogP contribution in [-0.2, 0) is 21.2 Å². The van der Waals surface area contributed by atoms with Crippen molar-refractivity contribution in [3.63, 3.8) is 0 Å². The van der Waals surface area contributed by atoms with Gasteiger partial charge in [0.15, 0.2) is 15.1 Å². The number of halogens is 1. The molecular weight excluding hydrogens is 455 g/mol. The number of aromatic nitrogens is 3. The van der Waals surface area contributed by atoms with Crippen molar-refractivity contribution < 1.29 is 22.0 Å². The second kappa shape index (κ2) is 8.75. The molecule has 8 nitrogen and oxygen atoms in total. The molecular formula is C21H19FN4O4S2. The molecule has 1 amide bonds. The average molecular weight is 475 g/mol. The number of hydrogen-bond donors (Lipinski definition) is 1. The molecule has 0 aliphatic rings. The zero-order chi connectivity index (χ0) is 22.9. The third-order valence-corrected chi connectivity index (χ3v) is 7.98. The van der Waals surface area contributed by atoms with Crippen LogP contribution in [0.4, 0.5) is 4.39 Å². The Bertz CT molecular complexity index is 1380. The Morgan fingerprint density at radius 2 is 1.97 bits per heavy atom. The number of nitrogens with zero attached hydrogens (tertiary/aromatic N) is 3. The van der Waals surface area contributed by atoms with Gasteiger partial charge in [0, 0.05) is 24.3 Å². The van der Waals surface area contributed by atoms with Gasteiger partial charge in [-0.3, -0.25) is 4.79 Å². The first-order chi connectivity index (χ1) is 15.3. The van der Waals surface area contributed by atoms with E-state index in [2.05, 4.69) is 20.5 Å². The van der Waals surface area contributed by atoms with Crippen molar-refractivity contribution in [3.05, 3.63) is 65.1 Å². The standard InChI is InChI=1S/C21H19FN4O4S2/c1-3-32(28,29)19(20(27)23-11-18-26-25-12(2)30-18)21-24-16-10-15(22)14(9-17(16)31-21)13-7-5-4-6-8-13/h4-10,19H,3,11H2,1-2H3,(H,23,27). The summed E-state index contributed by atoms with van der Waals surface area (Å²) in [4.78, 5) is 17.2. The number of carbonyl (C=O) groups is 1. The average Bonchev–Trinajstić information content (AvgIpc) is 3.37. The van der Waals surface area contributed by atoms with Gasteiger partial charge in [-0.1, -0.05) is 37.3 Å². The maximum absolute atomic E-state index is 14.7. The van der Waals surface area contributed by atoms with Crippen molar-refractivity contribution in [1.82, 2.24) is 20.5 Å². The summed E-state index contributed by atoms with van der Waals surface area (Å²) < 4.78 is 46.1. The Morgan fingerprint density at radius 1 is 1.22 bits per heavy atom. The van der Waals surface area contributed by atoms with E-state index in [1.54, 1.807) is 37.3 Å². The third-order valence-electron chi connectivity index (χ3n) is 4.78. The molecule has 4 rings (SSSR count). The Morgan fingerprint density at radius 3 is 2.62 bits per heavy atom. The van der Waals surface area contributed by atoms with E-state index in [0.29, 0.717) is 27.2 Å². The molecule has 0 spiro atoms. The summed E-state index contributed by atoms with van der Waals surface area (Å²) in [5.74, 6) is -1.02. The molecule has 0 aliphatic carbocycles. The van der Waals surface area contributed by atoms with Crippen LogP contribution in [0.1, 0.15) is 29.0 Å². The van der Waals surface area contributed by atoms with Gasteiger partial charge in [0.2, 0.25) is 17.7 Å². The van der Waals surface area contributed by atoms with E-state index in [1.807, 2.05) is 6.07 Å². The zero-order valence-electron chi connectivity index (χ0n) is 17.2. The largest absolute Gasteiger partial charge is 0.424 e. The molecule has 2 heterocycles. The number of thiazole rings is 1. The van der Waals surface area contributed by atoms with Crippen LogP contribution in [0.3, 0.4) is 0 Å². The number of sulfone groups is 1. The number of benzene rings is 2. The molecule has 0 radical (unpaired) electrons. The first kappa shape index (κ1) is 22.0. The molecule has 166 valence electrons. The van der Waals surface area contributed by atoms with Crippen LogP contribution < -0.4 is 5.32 Å². The van der Waals surface area contributed by atoms with Crippen LogP contribution >= 0.6 is 11.3 Å². The van der Waals surface area contributed by atoms with Crippen molar-refractivity contribution in [3.8, 4) is 11.1 Å². The molecule has 0 bridgehead atoms. The maximum atomic E-state index is 14.7. The number of carbonyl (C=O) groups excluding carboxylic acids is 1. The molecule has 2 aromatic heterocycles. The normalized spacial score (nSPS) is 12.7. The number of rotatable bonds is 7. The summed E-state index contributed by atoms with van der Waals surface area (Å²) in [6, 6.07) is 11.9. The highest BCUT2D eigenvalue weighted by Gasteiger charge is 2.36. The van der Waals surface area contributed by atoms with Gasteiger partial charge in [-0.2, -0.15) is 0 Å². The molecule has 1 unspecified atom stereocenters. The van der Waals surface area contributed by atoms with E-state index in [-0.39, 0.29) is 23.2 Å². The first-order valence-corrected chi connectivity index (χ1v) is 12.3. The summed E-state index contributed by atoms with van der Waals surface area (Å²) in [7, 11) is -3.86. The zero-order valence-corrected chi connectivity index (χ0v) is 18.8. The summed E-state index contributed by atoms with van der Waals surface area (Å²) in [5.41, 5.74) is 1.35. The second-order valence-electron chi connectivity index (χ2n) is 6.98. The highest BCUT2D eigenvalue weighted by atomic mass is 32.2. The van der Waals surface area contributed by atoms with Crippen LogP contribution in [0.5, 0.6) is 0 Å². The van der Waals surface area contributed by atoms with Crippen molar-refractivity contribution in [2.24, 2.45) is 0 Å². The lowest BCUT2D eigenvalue weighted by Gasteiger charge is -2.13. The summed E-state index contributed by atoms with van der Waals surface area (Å²) in [6.45, 7) is 2.94. The minimum atomic E-state index is -3.86. The van der Waals surface area contributed by atoms with E-state index in [9.17, 15) is 17.6 Å². The quantitative estimate of drug-likeness (QED) is 0.435. The predicted octanol–water partition coefficient (Wildman–Crippen LogP) is 3.59. The fourth-order valence-corrected chi connectivity index (χ4v) is 5.83. The van der Waals surface area contributed by atoms with E-state index < -0.39 is 26.8 Å². The Hall–Kier alpha value is -3.18. The number of hydrogen-bond acceptors (Lipinski definition) is 8. The molecule has 32 heavy (non-hydrogen) atoms. The topological polar surface area (TPSA) is 115 Å². The van der Waals surface area contributed by atoms with Gasteiger partial charge < -0.3 is 9.73 Å². The maximum Gasteiger partial charge on any atom is 0.245 e. The highest BCUT2D eigenvalue weighted by molar-refractivity contribution is 7.92. The third kappa shape index (κ3) is 4.39. The molecule has 0 fully saturated rings. The Labute approximate surface area is 187 Å². The Kier molecular flexibility index (Phi) is 6.02. The smallest absolute Gasteiger partial charge is 0.245 e. The molecule has 2 aromatic carbocycles. The first-order valence-electron chi connectivity index (χ1n) is 9.72. The van der Waals surface area contributed by atoms with Gasteiger partial charge in [-0.15, -0.1) is 21.5 Å². The molecule has 0 saturated heterocycles. The molecule has 0 saturated carbocycles. The minimum absolute atomic E-state index is 0.0747. The molecule has 1 N–H and O–H groups in total. The number of nitrogens with one attached hydrogen (secondary N) is 1. The van der Waals surface area contributed by atoms with Crippen molar-refractivity contribution in [2.45, 2.75) is 25.6 Å². The summed E-state index contributed by atoms with van der Waals surface area (Å²) >= 11 is 1.05. The molecule has 4 aromatic rings. The van der Waals surface area contributed by atoms with E-state index >= 15 is 0 Å². The lowest BCUT2D eigenvalue weighted by Crippen LogP contribution is -2.34. The monoisotopic (exact) mass is 474 g/mol. The van der Waals surface area contributed by atoms with E-state index in [0.717, 1.165) is 11.3 Å². The molecule has 11 heteroatoms. The van der Waals surface area contributed by atoms with Gasteiger partial charge in [0.25, 0.3) is 0 Å². The van der Waals surface area contributed by atoms with Crippen molar-refractivity contribution in [2.75, 3.05) is 5.75 Å². The van der Waals surface area contributed by atoms with E-state index in [4.69, 9.17) is 4.42 Å².